The minimum atomic E-state index is -0.349. The van der Waals surface area contributed by atoms with E-state index < -0.39 is 0 Å². The molecule has 1 amide bonds. The second-order valence-corrected chi connectivity index (χ2v) is 5.22. The molecule has 1 heterocycles. The van der Waals surface area contributed by atoms with Gasteiger partial charge in [-0.05, 0) is 31.0 Å². The highest BCUT2D eigenvalue weighted by Gasteiger charge is 2.17. The number of hydrogen-bond acceptors (Lipinski definition) is 3. The molecule has 0 aliphatic heterocycles. The lowest BCUT2D eigenvalue weighted by Gasteiger charge is -2.15. The van der Waals surface area contributed by atoms with Gasteiger partial charge in [-0.25, -0.2) is 0 Å². The number of hydrogen-bond donors (Lipinski definition) is 2. The average molecular weight is 260 g/mol. The third kappa shape index (κ3) is 2.86. The Morgan fingerprint density at radius 3 is 2.84 bits per heavy atom. The number of nitrogen functional groups attached to an aromatic ring is 1. The summed E-state index contributed by atoms with van der Waals surface area (Å²) in [5.74, 6) is 0.405. The predicted octanol–water partition coefficient (Wildman–Crippen LogP) is 1.95. The Hall–Kier alpha value is -2.04. The molecule has 0 fully saturated rings. The van der Waals surface area contributed by atoms with E-state index >= 15 is 0 Å². The van der Waals surface area contributed by atoms with Gasteiger partial charge >= 0.3 is 0 Å². The number of rotatable bonds is 4. The number of nitrogens with two attached hydrogens (primary N) is 1. The number of nitrogens with one attached hydrogen (secondary N) is 1. The molecule has 0 saturated heterocycles. The molecular formula is C14H20N4O. The summed E-state index contributed by atoms with van der Waals surface area (Å²) in [6, 6.07) is 5.23. The van der Waals surface area contributed by atoms with E-state index in [1.54, 1.807) is 10.9 Å². The van der Waals surface area contributed by atoms with E-state index in [1.807, 2.05) is 25.1 Å². The lowest BCUT2D eigenvalue weighted by molar-refractivity contribution is -0.124. The second kappa shape index (κ2) is 5.30. The number of benzene rings is 1. The molecule has 5 nitrogen and oxygen atoms in total. The molecule has 1 aromatic carbocycles. The van der Waals surface area contributed by atoms with Crippen molar-refractivity contribution < 1.29 is 4.79 Å². The summed E-state index contributed by atoms with van der Waals surface area (Å²) in [6.45, 7) is 6.64. The Kier molecular flexibility index (Phi) is 3.74. The first kappa shape index (κ1) is 13.4. The molecule has 1 unspecified atom stereocenters. The molecular weight excluding hydrogens is 240 g/mol. The van der Waals surface area contributed by atoms with E-state index in [4.69, 9.17) is 5.73 Å². The monoisotopic (exact) mass is 260 g/mol. The molecule has 0 radical (unpaired) electrons. The predicted molar refractivity (Wildman–Crippen MR) is 76.7 cm³/mol. The zero-order valence-corrected chi connectivity index (χ0v) is 11.6. The van der Waals surface area contributed by atoms with Crippen molar-refractivity contribution in [3.05, 3.63) is 24.4 Å². The van der Waals surface area contributed by atoms with Gasteiger partial charge in [-0.15, -0.1) is 0 Å². The first-order chi connectivity index (χ1) is 8.99. The summed E-state index contributed by atoms with van der Waals surface area (Å²) >= 11 is 0. The molecule has 1 atom stereocenters. The maximum absolute atomic E-state index is 12.1. The van der Waals surface area contributed by atoms with Crippen LogP contribution in [-0.2, 0) is 4.79 Å². The average Bonchev–Trinajstić information content (AvgIpc) is 2.77. The zero-order chi connectivity index (χ0) is 14.0. The Morgan fingerprint density at radius 2 is 2.16 bits per heavy atom. The van der Waals surface area contributed by atoms with Gasteiger partial charge in [0.05, 0.1) is 11.7 Å². The quantitative estimate of drug-likeness (QED) is 0.825. The van der Waals surface area contributed by atoms with Gasteiger partial charge in [-0.2, -0.15) is 5.10 Å². The molecule has 3 N–H and O–H groups in total. The third-order valence-corrected chi connectivity index (χ3v) is 3.05. The van der Waals surface area contributed by atoms with Crippen LogP contribution in [0.5, 0.6) is 0 Å². The van der Waals surface area contributed by atoms with Crippen LogP contribution in [0.25, 0.3) is 10.9 Å². The molecule has 0 aliphatic carbocycles. The van der Waals surface area contributed by atoms with Gasteiger partial charge in [0.15, 0.2) is 0 Å². The van der Waals surface area contributed by atoms with E-state index in [1.165, 1.54) is 0 Å². The first-order valence-electron chi connectivity index (χ1n) is 6.49. The molecule has 0 aliphatic rings. The number of fused-ring (bicyclic) bond motifs is 1. The molecule has 2 aromatic rings. The van der Waals surface area contributed by atoms with Gasteiger partial charge in [-0.1, -0.05) is 13.8 Å². The van der Waals surface area contributed by atoms with Crippen molar-refractivity contribution >= 4 is 22.5 Å². The maximum Gasteiger partial charge on any atom is 0.244 e. The second-order valence-electron chi connectivity index (χ2n) is 5.22. The van der Waals surface area contributed by atoms with Crippen LogP contribution < -0.4 is 11.1 Å². The van der Waals surface area contributed by atoms with Gasteiger partial charge in [0.2, 0.25) is 5.91 Å². The number of carbonyl (C=O) groups excluding carboxylic acids is 1. The minimum Gasteiger partial charge on any atom is -0.399 e. The summed E-state index contributed by atoms with van der Waals surface area (Å²) in [4.78, 5) is 12.1. The van der Waals surface area contributed by atoms with Crippen LogP contribution in [0.4, 0.5) is 5.69 Å². The Bertz CT molecular complexity index is 588. The van der Waals surface area contributed by atoms with Crippen molar-refractivity contribution in [1.29, 1.82) is 0 Å². The first-order valence-corrected chi connectivity index (χ1v) is 6.49. The number of aromatic nitrogens is 2. The van der Waals surface area contributed by atoms with Crippen molar-refractivity contribution in [2.75, 3.05) is 12.3 Å². The summed E-state index contributed by atoms with van der Waals surface area (Å²) < 4.78 is 1.71. The summed E-state index contributed by atoms with van der Waals surface area (Å²) in [7, 11) is 0. The third-order valence-electron chi connectivity index (χ3n) is 3.05. The van der Waals surface area contributed by atoms with Gasteiger partial charge in [0, 0.05) is 17.6 Å². The number of anilines is 1. The molecule has 0 bridgehead atoms. The van der Waals surface area contributed by atoms with E-state index in [-0.39, 0.29) is 11.9 Å². The molecule has 102 valence electrons. The molecule has 0 spiro atoms. The van der Waals surface area contributed by atoms with Crippen LogP contribution in [0.15, 0.2) is 24.4 Å². The smallest absolute Gasteiger partial charge is 0.244 e. The minimum absolute atomic E-state index is 0.0267. The standard InChI is InChI=1S/C14H20N4O/c1-9(2)7-16-14(19)10(3)18-13-6-12(15)5-4-11(13)8-17-18/h4-6,8-10H,7,15H2,1-3H3,(H,16,19). The van der Waals surface area contributed by atoms with E-state index in [9.17, 15) is 4.79 Å². The van der Waals surface area contributed by atoms with Crippen molar-refractivity contribution in [3.63, 3.8) is 0 Å². The van der Waals surface area contributed by atoms with Gasteiger partial charge in [0.25, 0.3) is 0 Å². The van der Waals surface area contributed by atoms with Crippen LogP contribution >= 0.6 is 0 Å². The maximum atomic E-state index is 12.1. The van der Waals surface area contributed by atoms with Crippen LogP contribution in [0.2, 0.25) is 0 Å². The van der Waals surface area contributed by atoms with Crippen molar-refractivity contribution in [3.8, 4) is 0 Å². The highest BCUT2D eigenvalue weighted by Crippen LogP contribution is 2.20. The summed E-state index contributed by atoms with van der Waals surface area (Å²) in [5.41, 5.74) is 7.34. The summed E-state index contributed by atoms with van der Waals surface area (Å²) in [5, 5.41) is 8.19. The molecule has 1 aromatic heterocycles. The largest absolute Gasteiger partial charge is 0.399 e. The van der Waals surface area contributed by atoms with Gasteiger partial charge < -0.3 is 11.1 Å². The molecule has 0 saturated carbocycles. The lowest BCUT2D eigenvalue weighted by atomic mass is 10.2. The van der Waals surface area contributed by atoms with Crippen LogP contribution in [0, 0.1) is 5.92 Å². The normalized spacial score (nSPS) is 12.8. The fourth-order valence-electron chi connectivity index (χ4n) is 1.93. The van der Waals surface area contributed by atoms with Gasteiger partial charge in [-0.3, -0.25) is 9.48 Å². The number of carbonyl (C=O) groups is 1. The van der Waals surface area contributed by atoms with Crippen LogP contribution in [-0.4, -0.2) is 22.2 Å². The highest BCUT2D eigenvalue weighted by atomic mass is 16.2. The molecule has 2 rings (SSSR count). The van der Waals surface area contributed by atoms with E-state index in [0.29, 0.717) is 18.2 Å². The Morgan fingerprint density at radius 1 is 1.42 bits per heavy atom. The molecule has 5 heteroatoms. The van der Waals surface area contributed by atoms with E-state index in [2.05, 4.69) is 24.3 Å². The topological polar surface area (TPSA) is 72.9 Å². The SMILES string of the molecule is CC(C)CNC(=O)C(C)n1ncc2ccc(N)cc21. The fourth-order valence-corrected chi connectivity index (χ4v) is 1.93. The van der Waals surface area contributed by atoms with Crippen molar-refractivity contribution in [2.45, 2.75) is 26.8 Å². The van der Waals surface area contributed by atoms with Crippen LogP contribution in [0.1, 0.15) is 26.8 Å². The Balaban J connectivity index is 2.23. The van der Waals surface area contributed by atoms with Gasteiger partial charge in [0.1, 0.15) is 6.04 Å². The number of amides is 1. The lowest BCUT2D eigenvalue weighted by Crippen LogP contribution is -2.33. The van der Waals surface area contributed by atoms with E-state index in [0.717, 1.165) is 10.9 Å². The number of nitrogens with zero attached hydrogens (tertiary/aromatic N) is 2. The molecule has 19 heavy (non-hydrogen) atoms. The zero-order valence-electron chi connectivity index (χ0n) is 11.6. The highest BCUT2D eigenvalue weighted by molar-refractivity contribution is 5.86. The Labute approximate surface area is 112 Å². The van der Waals surface area contributed by atoms with Crippen LogP contribution in [0.3, 0.4) is 0 Å². The van der Waals surface area contributed by atoms with Crippen molar-refractivity contribution in [1.82, 2.24) is 15.1 Å². The van der Waals surface area contributed by atoms with Crippen molar-refractivity contribution in [2.24, 2.45) is 5.92 Å². The summed E-state index contributed by atoms with van der Waals surface area (Å²) in [6.07, 6.45) is 1.75. The fraction of sp³-hybridized carbons (Fsp3) is 0.429.